The summed E-state index contributed by atoms with van der Waals surface area (Å²) in [5, 5.41) is 4.17. The van der Waals surface area contributed by atoms with E-state index in [4.69, 9.17) is 0 Å². The lowest BCUT2D eigenvalue weighted by Crippen LogP contribution is -2.36. The van der Waals surface area contributed by atoms with Crippen LogP contribution >= 0.6 is 0 Å². The molecular weight excluding hydrogens is 254 g/mol. The van der Waals surface area contributed by atoms with E-state index in [-0.39, 0.29) is 11.9 Å². The third-order valence-corrected chi connectivity index (χ3v) is 3.49. The molecular formula is C14H21N5O. The molecule has 2 heterocycles. The highest BCUT2D eigenvalue weighted by Gasteiger charge is 2.22. The van der Waals surface area contributed by atoms with E-state index in [1.807, 2.05) is 43.9 Å². The number of rotatable bonds is 6. The van der Waals surface area contributed by atoms with Crippen molar-refractivity contribution in [2.75, 3.05) is 13.6 Å². The predicted octanol–water partition coefficient (Wildman–Crippen LogP) is 1.50. The maximum atomic E-state index is 12.5. The van der Waals surface area contributed by atoms with Crippen LogP contribution < -0.4 is 0 Å². The second kappa shape index (κ2) is 6.36. The lowest BCUT2D eigenvalue weighted by Gasteiger charge is -2.23. The molecule has 0 aromatic carbocycles. The molecule has 0 saturated heterocycles. The predicted molar refractivity (Wildman–Crippen MR) is 76.2 cm³/mol. The van der Waals surface area contributed by atoms with E-state index in [1.54, 1.807) is 22.0 Å². The van der Waals surface area contributed by atoms with Crippen LogP contribution in [0, 0.1) is 6.92 Å². The molecule has 2 rings (SSSR count). The molecule has 0 saturated carbocycles. The normalized spacial score (nSPS) is 12.3. The summed E-state index contributed by atoms with van der Waals surface area (Å²) in [5.41, 5.74) is 0. The second-order valence-corrected chi connectivity index (χ2v) is 4.84. The molecule has 20 heavy (non-hydrogen) atoms. The molecule has 1 atom stereocenters. The highest BCUT2D eigenvalue weighted by molar-refractivity contribution is 5.80. The lowest BCUT2D eigenvalue weighted by atomic mass is 10.2. The molecule has 108 valence electrons. The van der Waals surface area contributed by atoms with E-state index < -0.39 is 0 Å². The first kappa shape index (κ1) is 14.3. The minimum Gasteiger partial charge on any atom is -0.342 e. The van der Waals surface area contributed by atoms with Crippen LogP contribution in [-0.4, -0.2) is 43.7 Å². The van der Waals surface area contributed by atoms with Gasteiger partial charge in [-0.15, -0.1) is 0 Å². The van der Waals surface area contributed by atoms with E-state index in [0.29, 0.717) is 6.54 Å². The number of hydrogen-bond acceptors (Lipinski definition) is 3. The number of hydrogen-bond donors (Lipinski definition) is 0. The van der Waals surface area contributed by atoms with Crippen LogP contribution in [0.2, 0.25) is 0 Å². The summed E-state index contributed by atoms with van der Waals surface area (Å²) in [6.07, 6.45) is 7.97. The Kier molecular flexibility index (Phi) is 4.55. The van der Waals surface area contributed by atoms with Gasteiger partial charge in [-0.05, 0) is 19.4 Å². The van der Waals surface area contributed by atoms with Crippen molar-refractivity contribution in [2.45, 2.75) is 32.9 Å². The van der Waals surface area contributed by atoms with Crippen molar-refractivity contribution in [1.82, 2.24) is 24.2 Å². The minimum atomic E-state index is -0.223. The number of carbonyl (C=O) groups is 1. The first-order chi connectivity index (χ1) is 9.63. The Morgan fingerprint density at radius 1 is 1.40 bits per heavy atom. The molecule has 6 heteroatoms. The summed E-state index contributed by atoms with van der Waals surface area (Å²) in [4.78, 5) is 18.4. The summed E-state index contributed by atoms with van der Waals surface area (Å²) in [5.74, 6) is 1.05. The zero-order valence-corrected chi connectivity index (χ0v) is 12.2. The average Bonchev–Trinajstić information content (AvgIpc) is 3.09. The molecule has 0 aliphatic carbocycles. The lowest BCUT2D eigenvalue weighted by molar-refractivity contribution is -0.134. The molecule has 0 bridgehead atoms. The van der Waals surface area contributed by atoms with E-state index in [0.717, 1.165) is 18.8 Å². The Hall–Kier alpha value is -2.11. The maximum Gasteiger partial charge on any atom is 0.247 e. The molecule has 0 aliphatic rings. The Bertz CT molecular complexity index is 546. The number of aromatic nitrogens is 4. The standard InChI is InChI=1S/C14H21N5O/c1-4-13(19-8-5-6-16-19)14(20)17(3)10-11-18-9-7-15-12(18)2/h5-9,13H,4,10-11H2,1-3H3/t13-/m0/s1. The first-order valence-corrected chi connectivity index (χ1v) is 6.85. The SMILES string of the molecule is CC[C@@H](C(=O)N(C)CCn1ccnc1C)n1cccn1. The van der Waals surface area contributed by atoms with Gasteiger partial charge in [0.15, 0.2) is 0 Å². The average molecular weight is 275 g/mol. The van der Waals surface area contributed by atoms with E-state index in [2.05, 4.69) is 10.1 Å². The van der Waals surface area contributed by atoms with Gasteiger partial charge in [-0.1, -0.05) is 6.92 Å². The zero-order chi connectivity index (χ0) is 14.5. The number of carbonyl (C=O) groups excluding carboxylic acids is 1. The molecule has 0 N–H and O–H groups in total. The van der Waals surface area contributed by atoms with Crippen LogP contribution in [0.1, 0.15) is 25.2 Å². The van der Waals surface area contributed by atoms with Crippen molar-refractivity contribution in [3.63, 3.8) is 0 Å². The summed E-state index contributed by atoms with van der Waals surface area (Å²) in [6, 6.07) is 1.61. The fraction of sp³-hybridized carbons (Fsp3) is 0.500. The summed E-state index contributed by atoms with van der Waals surface area (Å²) >= 11 is 0. The van der Waals surface area contributed by atoms with Crippen LogP contribution in [0.3, 0.4) is 0 Å². The molecule has 6 nitrogen and oxygen atoms in total. The minimum absolute atomic E-state index is 0.0916. The van der Waals surface area contributed by atoms with E-state index in [1.165, 1.54) is 0 Å². The summed E-state index contributed by atoms with van der Waals surface area (Å²) in [7, 11) is 1.83. The quantitative estimate of drug-likeness (QED) is 0.802. The molecule has 0 unspecified atom stereocenters. The van der Waals surface area contributed by atoms with Crippen LogP contribution in [-0.2, 0) is 11.3 Å². The Balaban J connectivity index is 1.96. The third kappa shape index (κ3) is 3.07. The van der Waals surface area contributed by atoms with Crippen molar-refractivity contribution in [1.29, 1.82) is 0 Å². The Morgan fingerprint density at radius 3 is 2.75 bits per heavy atom. The number of nitrogens with zero attached hydrogens (tertiary/aromatic N) is 5. The fourth-order valence-electron chi connectivity index (χ4n) is 2.20. The highest BCUT2D eigenvalue weighted by atomic mass is 16.2. The van der Waals surface area contributed by atoms with Crippen molar-refractivity contribution in [3.8, 4) is 0 Å². The van der Waals surface area contributed by atoms with E-state index in [9.17, 15) is 4.79 Å². The first-order valence-electron chi connectivity index (χ1n) is 6.85. The Labute approximate surface area is 119 Å². The van der Waals surface area contributed by atoms with E-state index >= 15 is 0 Å². The van der Waals surface area contributed by atoms with Crippen molar-refractivity contribution < 1.29 is 4.79 Å². The van der Waals surface area contributed by atoms with Gasteiger partial charge in [-0.3, -0.25) is 9.48 Å². The zero-order valence-electron chi connectivity index (χ0n) is 12.2. The van der Waals surface area contributed by atoms with Gasteiger partial charge in [0, 0.05) is 44.9 Å². The second-order valence-electron chi connectivity index (χ2n) is 4.84. The van der Waals surface area contributed by atoms with Crippen LogP contribution in [0.25, 0.3) is 0 Å². The molecule has 0 spiro atoms. The summed E-state index contributed by atoms with van der Waals surface area (Å²) < 4.78 is 3.76. The Morgan fingerprint density at radius 2 is 2.20 bits per heavy atom. The molecule has 2 aromatic rings. The smallest absolute Gasteiger partial charge is 0.247 e. The summed E-state index contributed by atoms with van der Waals surface area (Å²) in [6.45, 7) is 5.37. The molecule has 1 amide bonds. The van der Waals surface area contributed by atoms with Crippen LogP contribution in [0.15, 0.2) is 30.9 Å². The van der Waals surface area contributed by atoms with Crippen molar-refractivity contribution in [2.24, 2.45) is 0 Å². The topological polar surface area (TPSA) is 56.0 Å². The van der Waals surface area contributed by atoms with Crippen molar-refractivity contribution in [3.05, 3.63) is 36.7 Å². The highest BCUT2D eigenvalue weighted by Crippen LogP contribution is 2.13. The molecule has 0 fully saturated rings. The monoisotopic (exact) mass is 275 g/mol. The van der Waals surface area contributed by atoms with Gasteiger partial charge < -0.3 is 9.47 Å². The largest absolute Gasteiger partial charge is 0.342 e. The van der Waals surface area contributed by atoms with Gasteiger partial charge in [0.2, 0.25) is 5.91 Å². The molecule has 0 aliphatic heterocycles. The third-order valence-electron chi connectivity index (χ3n) is 3.49. The van der Waals surface area contributed by atoms with Crippen LogP contribution in [0.4, 0.5) is 0 Å². The number of amides is 1. The van der Waals surface area contributed by atoms with Crippen molar-refractivity contribution >= 4 is 5.91 Å². The van der Waals surface area contributed by atoms with Gasteiger partial charge in [-0.2, -0.15) is 5.10 Å². The van der Waals surface area contributed by atoms with Gasteiger partial charge in [-0.25, -0.2) is 4.98 Å². The van der Waals surface area contributed by atoms with Gasteiger partial charge in [0.25, 0.3) is 0 Å². The van der Waals surface area contributed by atoms with Gasteiger partial charge in [0.1, 0.15) is 11.9 Å². The maximum absolute atomic E-state index is 12.5. The number of aryl methyl sites for hydroxylation is 1. The molecule has 0 radical (unpaired) electrons. The molecule has 2 aromatic heterocycles. The van der Waals surface area contributed by atoms with Gasteiger partial charge >= 0.3 is 0 Å². The fourth-order valence-corrected chi connectivity index (χ4v) is 2.20. The van der Waals surface area contributed by atoms with Gasteiger partial charge in [0.05, 0.1) is 0 Å². The van der Waals surface area contributed by atoms with Crippen LogP contribution in [0.5, 0.6) is 0 Å². The number of likely N-dealkylation sites (N-methyl/N-ethyl adjacent to an activating group) is 1. The number of imidazole rings is 1.